The largest absolute Gasteiger partial charge is 0.374 e. The van der Waals surface area contributed by atoms with Gasteiger partial charge in [-0.1, -0.05) is 152 Å². The minimum Gasteiger partial charge on any atom is -0.374 e. The fourth-order valence-electron chi connectivity index (χ4n) is 6.41. The van der Waals surface area contributed by atoms with Crippen LogP contribution < -0.4 is 0 Å². The van der Waals surface area contributed by atoms with Gasteiger partial charge in [-0.05, 0) is 22.3 Å². The Bertz CT molecular complexity index is 1700. The molecule has 0 aliphatic carbocycles. The van der Waals surface area contributed by atoms with Crippen LogP contribution in [0.5, 0.6) is 0 Å². The molecule has 0 aromatic heterocycles. The maximum Gasteiger partial charge on any atom is 0.187 e. The van der Waals surface area contributed by atoms with Gasteiger partial charge in [-0.3, -0.25) is 0 Å². The summed E-state index contributed by atoms with van der Waals surface area (Å²) in [6, 6.07) is 50.3. The van der Waals surface area contributed by atoms with Crippen LogP contribution in [0.25, 0.3) is 0 Å². The number of hydrogen-bond acceptors (Lipinski definition) is 8. The van der Waals surface area contributed by atoms with Crippen molar-refractivity contribution >= 4 is 0 Å². The van der Waals surface area contributed by atoms with Crippen molar-refractivity contribution in [2.24, 2.45) is 0 Å². The molecule has 0 N–H and O–H groups in total. The lowest BCUT2D eigenvalue weighted by molar-refractivity contribution is -0.350. The van der Waals surface area contributed by atoms with Crippen molar-refractivity contribution in [2.45, 2.75) is 69.5 Å². The molecule has 8 nitrogen and oxygen atoms in total. The van der Waals surface area contributed by atoms with Crippen molar-refractivity contribution in [1.82, 2.24) is 0 Å². The SMILES string of the molecule is c1ccc(COC[C@H]2O[C@H](OC3COC(c4ccccc4)OC3)[C@H](OCc3ccccc3)[C@@H](OCc3ccccc3)[C@H]2OCc2ccccc2)cc1. The molecule has 8 heteroatoms. The van der Waals surface area contributed by atoms with E-state index in [1.807, 2.05) is 152 Å². The number of ether oxygens (including phenoxy) is 8. The molecule has 2 fully saturated rings. The summed E-state index contributed by atoms with van der Waals surface area (Å²) in [5.74, 6) is 0. The van der Waals surface area contributed by atoms with E-state index in [-0.39, 0.29) is 6.61 Å². The maximum absolute atomic E-state index is 6.83. The van der Waals surface area contributed by atoms with Crippen molar-refractivity contribution < 1.29 is 37.9 Å². The highest BCUT2D eigenvalue weighted by Crippen LogP contribution is 2.33. The molecule has 2 saturated heterocycles. The summed E-state index contributed by atoms with van der Waals surface area (Å²) in [4.78, 5) is 0. The van der Waals surface area contributed by atoms with Gasteiger partial charge in [0.25, 0.3) is 0 Å². The molecule has 0 amide bonds. The molecule has 0 bridgehead atoms. The highest BCUT2D eigenvalue weighted by molar-refractivity contribution is 5.18. The molecule has 0 spiro atoms. The second-order valence-corrected chi connectivity index (χ2v) is 13.0. The van der Waals surface area contributed by atoms with Crippen molar-refractivity contribution in [2.75, 3.05) is 19.8 Å². The van der Waals surface area contributed by atoms with E-state index < -0.39 is 43.1 Å². The summed E-state index contributed by atoms with van der Waals surface area (Å²) in [7, 11) is 0. The van der Waals surface area contributed by atoms with Gasteiger partial charge in [-0.2, -0.15) is 0 Å². The molecular weight excluding hydrogens is 656 g/mol. The van der Waals surface area contributed by atoms with E-state index in [1.54, 1.807) is 0 Å². The Hall–Kier alpha value is -4.22. The molecule has 5 atom stereocenters. The Balaban J connectivity index is 1.16. The molecule has 5 aromatic carbocycles. The highest BCUT2D eigenvalue weighted by atomic mass is 16.8. The van der Waals surface area contributed by atoms with Crippen LogP contribution in [0.2, 0.25) is 0 Å². The number of rotatable bonds is 16. The third kappa shape index (κ3) is 10.2. The van der Waals surface area contributed by atoms with Crippen LogP contribution in [0, 0.1) is 0 Å². The van der Waals surface area contributed by atoms with Crippen LogP contribution in [-0.2, 0) is 64.3 Å². The van der Waals surface area contributed by atoms with Gasteiger partial charge in [0.1, 0.15) is 30.5 Å². The van der Waals surface area contributed by atoms with E-state index in [9.17, 15) is 0 Å². The molecule has 52 heavy (non-hydrogen) atoms. The minimum atomic E-state index is -0.836. The van der Waals surface area contributed by atoms with Crippen LogP contribution >= 0.6 is 0 Å². The van der Waals surface area contributed by atoms with E-state index in [2.05, 4.69) is 0 Å². The van der Waals surface area contributed by atoms with Gasteiger partial charge in [0.05, 0.1) is 46.2 Å². The number of benzene rings is 5. The zero-order valence-electron chi connectivity index (χ0n) is 29.2. The molecule has 0 radical (unpaired) electrons. The Morgan fingerprint density at radius 3 is 1.38 bits per heavy atom. The molecule has 5 aromatic rings. The summed E-state index contributed by atoms with van der Waals surface area (Å²) in [5.41, 5.74) is 5.12. The average molecular weight is 703 g/mol. The van der Waals surface area contributed by atoms with Crippen LogP contribution in [0.3, 0.4) is 0 Å². The maximum atomic E-state index is 6.83. The summed E-state index contributed by atoms with van der Waals surface area (Å²) in [6.45, 7) is 2.35. The lowest BCUT2D eigenvalue weighted by atomic mass is 9.97. The summed E-state index contributed by atoms with van der Waals surface area (Å²) in [5, 5.41) is 0. The van der Waals surface area contributed by atoms with E-state index in [0.29, 0.717) is 39.6 Å². The minimum absolute atomic E-state index is 0.249. The Morgan fingerprint density at radius 1 is 0.462 bits per heavy atom. The van der Waals surface area contributed by atoms with Crippen LogP contribution in [-0.4, -0.2) is 56.6 Å². The fourth-order valence-corrected chi connectivity index (χ4v) is 6.41. The normalized spacial score (nSPS) is 24.7. The highest BCUT2D eigenvalue weighted by Gasteiger charge is 2.50. The zero-order chi connectivity index (χ0) is 35.2. The smallest absolute Gasteiger partial charge is 0.187 e. The second-order valence-electron chi connectivity index (χ2n) is 13.0. The fraction of sp³-hybridized carbons (Fsp3) is 0.318. The molecular formula is C44H46O8. The standard InChI is InChI=1S/C44H46O8/c1-6-16-33(17-7-1)26-45-32-39-40(46-27-34-18-8-2-9-19-34)41(47-28-35-20-10-3-11-21-35)42(48-29-36-22-12-4-13-23-36)44(52-39)51-38-30-49-43(50-31-38)37-24-14-5-15-25-37/h1-25,38-44H,26-32H2/t38?,39-,40+,41+,42-,43?,44+/m1/s1. The lowest BCUT2D eigenvalue weighted by Gasteiger charge is -2.47. The monoisotopic (exact) mass is 702 g/mol. The molecule has 7 rings (SSSR count). The van der Waals surface area contributed by atoms with Gasteiger partial charge < -0.3 is 37.9 Å². The van der Waals surface area contributed by atoms with Crippen molar-refractivity contribution in [3.8, 4) is 0 Å². The van der Waals surface area contributed by atoms with Gasteiger partial charge in [-0.15, -0.1) is 0 Å². The van der Waals surface area contributed by atoms with Gasteiger partial charge in [-0.25, -0.2) is 0 Å². The number of hydrogen-bond donors (Lipinski definition) is 0. The van der Waals surface area contributed by atoms with E-state index in [1.165, 1.54) is 0 Å². The third-order valence-electron chi connectivity index (χ3n) is 9.11. The third-order valence-corrected chi connectivity index (χ3v) is 9.11. The van der Waals surface area contributed by atoms with E-state index >= 15 is 0 Å². The zero-order valence-corrected chi connectivity index (χ0v) is 29.2. The van der Waals surface area contributed by atoms with E-state index in [4.69, 9.17) is 37.9 Å². The second kappa shape index (κ2) is 19.0. The molecule has 2 aliphatic heterocycles. The van der Waals surface area contributed by atoms with Crippen LogP contribution in [0.15, 0.2) is 152 Å². The molecule has 0 saturated carbocycles. The first kappa shape index (κ1) is 36.2. The van der Waals surface area contributed by atoms with Crippen LogP contribution in [0.4, 0.5) is 0 Å². The van der Waals surface area contributed by atoms with Gasteiger partial charge in [0.15, 0.2) is 12.6 Å². The summed E-state index contributed by atoms with van der Waals surface area (Å²) >= 11 is 0. The van der Waals surface area contributed by atoms with Crippen molar-refractivity contribution in [1.29, 1.82) is 0 Å². The molecule has 2 heterocycles. The van der Waals surface area contributed by atoms with Crippen molar-refractivity contribution in [3.63, 3.8) is 0 Å². The predicted molar refractivity (Wildman–Crippen MR) is 196 cm³/mol. The van der Waals surface area contributed by atoms with E-state index in [0.717, 1.165) is 27.8 Å². The molecule has 0 unspecified atom stereocenters. The first-order valence-corrected chi connectivity index (χ1v) is 18.0. The topological polar surface area (TPSA) is 73.8 Å². The van der Waals surface area contributed by atoms with Gasteiger partial charge in [0, 0.05) is 5.56 Å². The molecule has 270 valence electrons. The quantitative estimate of drug-likeness (QED) is 0.103. The lowest BCUT2D eigenvalue weighted by Crippen LogP contribution is -2.62. The van der Waals surface area contributed by atoms with Gasteiger partial charge >= 0.3 is 0 Å². The van der Waals surface area contributed by atoms with Crippen molar-refractivity contribution in [3.05, 3.63) is 179 Å². The average Bonchev–Trinajstić information content (AvgIpc) is 3.21. The first-order chi connectivity index (χ1) is 25.8. The van der Waals surface area contributed by atoms with Gasteiger partial charge in [0.2, 0.25) is 0 Å². The summed E-state index contributed by atoms with van der Waals surface area (Å²) < 4.78 is 52.5. The van der Waals surface area contributed by atoms with Crippen LogP contribution in [0.1, 0.15) is 34.1 Å². The Kier molecular flexibility index (Phi) is 13.2. The predicted octanol–water partition coefficient (Wildman–Crippen LogP) is 7.82. The Labute approximate surface area is 306 Å². The Morgan fingerprint density at radius 2 is 0.885 bits per heavy atom. The summed E-state index contributed by atoms with van der Waals surface area (Å²) in [6.07, 6.45) is -4.05. The first-order valence-electron chi connectivity index (χ1n) is 18.0. The molecule has 2 aliphatic rings.